The average Bonchev–Trinajstić information content (AvgIpc) is 2.44. The minimum atomic E-state index is 0.564. The molecule has 1 aliphatic heterocycles. The summed E-state index contributed by atoms with van der Waals surface area (Å²) in [5.41, 5.74) is 5.80. The monoisotopic (exact) mass is 190 g/mol. The summed E-state index contributed by atoms with van der Waals surface area (Å²) in [5, 5.41) is 0. The molecule has 1 saturated heterocycles. The number of nitrogens with zero attached hydrogens (tertiary/aromatic N) is 3. The average molecular weight is 190 g/mol. The number of fused-ring (bicyclic) bond motifs is 1. The van der Waals surface area contributed by atoms with Crippen LogP contribution in [0.1, 0.15) is 12.8 Å². The fourth-order valence-electron chi connectivity index (χ4n) is 2.52. The van der Waals surface area contributed by atoms with Crippen LogP contribution in [-0.4, -0.2) is 23.1 Å². The Bertz CT molecular complexity index is 340. The first-order chi connectivity index (χ1) is 6.84. The molecular weight excluding hydrogens is 176 g/mol. The second-order valence-corrected chi connectivity index (χ2v) is 4.27. The van der Waals surface area contributed by atoms with Crippen LogP contribution in [0, 0.1) is 11.8 Å². The molecule has 0 aromatic carbocycles. The molecule has 2 heterocycles. The van der Waals surface area contributed by atoms with Gasteiger partial charge in [0.2, 0.25) is 0 Å². The van der Waals surface area contributed by atoms with Gasteiger partial charge >= 0.3 is 0 Å². The van der Waals surface area contributed by atoms with Crippen LogP contribution in [0.3, 0.4) is 0 Å². The SMILES string of the molecule is Nc1nccnc1N1CC2CCC2C1. The molecule has 14 heavy (non-hydrogen) atoms. The Kier molecular flexibility index (Phi) is 1.63. The van der Waals surface area contributed by atoms with Crippen LogP contribution in [0.4, 0.5) is 11.6 Å². The molecule has 2 N–H and O–H groups in total. The smallest absolute Gasteiger partial charge is 0.171 e. The van der Waals surface area contributed by atoms with Crippen molar-refractivity contribution in [2.75, 3.05) is 23.7 Å². The van der Waals surface area contributed by atoms with Crippen molar-refractivity contribution >= 4 is 11.6 Å². The Hall–Kier alpha value is -1.32. The maximum absolute atomic E-state index is 5.80. The van der Waals surface area contributed by atoms with E-state index in [1.54, 1.807) is 12.4 Å². The summed E-state index contributed by atoms with van der Waals surface area (Å²) in [4.78, 5) is 10.6. The lowest BCUT2D eigenvalue weighted by atomic mass is 9.77. The third-order valence-corrected chi connectivity index (χ3v) is 3.49. The van der Waals surface area contributed by atoms with Gasteiger partial charge in [0.25, 0.3) is 0 Å². The summed E-state index contributed by atoms with van der Waals surface area (Å²) < 4.78 is 0. The van der Waals surface area contributed by atoms with Crippen LogP contribution in [0.25, 0.3) is 0 Å². The van der Waals surface area contributed by atoms with Crippen LogP contribution >= 0.6 is 0 Å². The first kappa shape index (κ1) is 8.03. The van der Waals surface area contributed by atoms with E-state index >= 15 is 0 Å². The molecule has 1 saturated carbocycles. The van der Waals surface area contributed by atoms with Gasteiger partial charge in [-0.2, -0.15) is 0 Å². The summed E-state index contributed by atoms with van der Waals surface area (Å²) in [5.74, 6) is 3.21. The van der Waals surface area contributed by atoms with Gasteiger partial charge in [0.05, 0.1) is 0 Å². The standard InChI is InChI=1S/C10H14N4/c11-9-10(13-4-3-12-9)14-5-7-1-2-8(7)6-14/h3-4,7-8H,1-2,5-6H2,(H2,11,12). The van der Waals surface area contributed by atoms with Gasteiger partial charge in [-0.1, -0.05) is 0 Å². The highest BCUT2D eigenvalue weighted by molar-refractivity contribution is 5.58. The van der Waals surface area contributed by atoms with Crippen LogP contribution in [0.2, 0.25) is 0 Å². The molecule has 3 rings (SSSR count). The largest absolute Gasteiger partial charge is 0.381 e. The molecule has 4 heteroatoms. The van der Waals surface area contributed by atoms with Crippen molar-refractivity contribution < 1.29 is 0 Å². The van der Waals surface area contributed by atoms with Gasteiger partial charge in [0.15, 0.2) is 11.6 Å². The van der Waals surface area contributed by atoms with Crippen LogP contribution in [0.5, 0.6) is 0 Å². The maximum Gasteiger partial charge on any atom is 0.171 e. The summed E-state index contributed by atoms with van der Waals surface area (Å²) in [7, 11) is 0. The first-order valence-electron chi connectivity index (χ1n) is 5.16. The van der Waals surface area contributed by atoms with Crippen molar-refractivity contribution in [3.05, 3.63) is 12.4 Å². The van der Waals surface area contributed by atoms with Crippen LogP contribution in [-0.2, 0) is 0 Å². The molecule has 0 amide bonds. The number of hydrogen-bond donors (Lipinski definition) is 1. The Morgan fingerprint density at radius 1 is 1.14 bits per heavy atom. The minimum Gasteiger partial charge on any atom is -0.381 e. The Labute approximate surface area is 83.1 Å². The number of hydrogen-bond acceptors (Lipinski definition) is 4. The lowest BCUT2D eigenvalue weighted by Crippen LogP contribution is -2.22. The predicted molar refractivity (Wildman–Crippen MR) is 54.9 cm³/mol. The maximum atomic E-state index is 5.80. The zero-order valence-electron chi connectivity index (χ0n) is 8.06. The summed E-state index contributed by atoms with van der Waals surface area (Å²) in [6, 6.07) is 0. The van der Waals surface area contributed by atoms with Gasteiger partial charge in [0, 0.05) is 25.5 Å². The van der Waals surface area contributed by atoms with Gasteiger partial charge in [0.1, 0.15) is 0 Å². The number of rotatable bonds is 1. The molecule has 1 aromatic heterocycles. The Balaban J connectivity index is 1.86. The molecule has 1 aromatic rings. The van der Waals surface area contributed by atoms with Crippen molar-refractivity contribution in [1.82, 2.24) is 9.97 Å². The highest BCUT2D eigenvalue weighted by atomic mass is 15.2. The van der Waals surface area contributed by atoms with E-state index in [0.29, 0.717) is 5.82 Å². The topological polar surface area (TPSA) is 55.0 Å². The number of nitrogen functional groups attached to an aromatic ring is 1. The van der Waals surface area contributed by atoms with Crippen molar-refractivity contribution in [3.63, 3.8) is 0 Å². The van der Waals surface area contributed by atoms with Gasteiger partial charge in [-0.05, 0) is 24.7 Å². The lowest BCUT2D eigenvalue weighted by molar-refractivity contribution is 0.243. The van der Waals surface area contributed by atoms with Crippen molar-refractivity contribution in [3.8, 4) is 0 Å². The molecule has 0 radical (unpaired) electrons. The van der Waals surface area contributed by atoms with Crippen molar-refractivity contribution in [2.24, 2.45) is 11.8 Å². The molecule has 2 aliphatic rings. The van der Waals surface area contributed by atoms with E-state index in [0.717, 1.165) is 30.7 Å². The van der Waals surface area contributed by atoms with Gasteiger partial charge in [-0.15, -0.1) is 0 Å². The minimum absolute atomic E-state index is 0.564. The fourth-order valence-corrected chi connectivity index (χ4v) is 2.52. The van der Waals surface area contributed by atoms with E-state index in [1.165, 1.54) is 12.8 Å². The normalized spacial score (nSPS) is 29.9. The second-order valence-electron chi connectivity index (χ2n) is 4.27. The predicted octanol–water partition coefficient (Wildman–Crippen LogP) is 0.905. The van der Waals surface area contributed by atoms with Crippen molar-refractivity contribution in [2.45, 2.75) is 12.8 Å². The third-order valence-electron chi connectivity index (χ3n) is 3.49. The highest BCUT2D eigenvalue weighted by Crippen LogP contribution is 2.42. The van der Waals surface area contributed by atoms with Crippen LogP contribution < -0.4 is 10.6 Å². The van der Waals surface area contributed by atoms with E-state index in [4.69, 9.17) is 5.73 Å². The van der Waals surface area contributed by atoms with E-state index in [-0.39, 0.29) is 0 Å². The summed E-state index contributed by atoms with van der Waals surface area (Å²) in [6.07, 6.45) is 6.11. The molecule has 0 spiro atoms. The third kappa shape index (κ3) is 1.06. The van der Waals surface area contributed by atoms with Gasteiger partial charge < -0.3 is 10.6 Å². The summed E-state index contributed by atoms with van der Waals surface area (Å²) in [6.45, 7) is 2.24. The second kappa shape index (κ2) is 2.83. The summed E-state index contributed by atoms with van der Waals surface area (Å²) >= 11 is 0. The highest BCUT2D eigenvalue weighted by Gasteiger charge is 2.40. The quantitative estimate of drug-likeness (QED) is 0.715. The molecule has 0 bridgehead atoms. The molecule has 2 fully saturated rings. The zero-order chi connectivity index (χ0) is 9.54. The zero-order valence-corrected chi connectivity index (χ0v) is 8.06. The number of anilines is 2. The molecule has 2 unspecified atom stereocenters. The lowest BCUT2D eigenvalue weighted by Gasteiger charge is -2.27. The number of aromatic nitrogens is 2. The molecular formula is C10H14N4. The van der Waals surface area contributed by atoms with Crippen molar-refractivity contribution in [1.29, 1.82) is 0 Å². The van der Waals surface area contributed by atoms with E-state index in [2.05, 4.69) is 14.9 Å². The Morgan fingerprint density at radius 2 is 1.79 bits per heavy atom. The van der Waals surface area contributed by atoms with Gasteiger partial charge in [-0.3, -0.25) is 0 Å². The van der Waals surface area contributed by atoms with E-state index < -0.39 is 0 Å². The number of nitrogens with two attached hydrogens (primary N) is 1. The molecule has 74 valence electrons. The molecule has 4 nitrogen and oxygen atoms in total. The fraction of sp³-hybridized carbons (Fsp3) is 0.600. The van der Waals surface area contributed by atoms with E-state index in [1.807, 2.05) is 0 Å². The first-order valence-corrected chi connectivity index (χ1v) is 5.16. The van der Waals surface area contributed by atoms with E-state index in [9.17, 15) is 0 Å². The molecule has 1 aliphatic carbocycles. The Morgan fingerprint density at radius 3 is 2.36 bits per heavy atom. The van der Waals surface area contributed by atoms with Gasteiger partial charge in [-0.25, -0.2) is 9.97 Å². The molecule has 2 atom stereocenters. The van der Waals surface area contributed by atoms with Crippen LogP contribution in [0.15, 0.2) is 12.4 Å².